The summed E-state index contributed by atoms with van der Waals surface area (Å²) in [7, 11) is 0. The molecule has 1 aromatic rings. The van der Waals surface area contributed by atoms with Crippen LogP contribution in [-0.4, -0.2) is 5.78 Å². The predicted molar refractivity (Wildman–Crippen MR) is 62.2 cm³/mol. The van der Waals surface area contributed by atoms with E-state index in [9.17, 15) is 4.79 Å². The maximum atomic E-state index is 11.4. The first-order chi connectivity index (χ1) is 6.56. The second kappa shape index (κ2) is 4.74. The van der Waals surface area contributed by atoms with E-state index < -0.39 is 0 Å². The van der Waals surface area contributed by atoms with Crippen LogP contribution in [0.4, 0.5) is 0 Å². The van der Waals surface area contributed by atoms with Crippen LogP contribution in [0.2, 0.25) is 0 Å². The fraction of sp³-hybridized carbons (Fsp3) is 0.583. The van der Waals surface area contributed by atoms with Gasteiger partial charge >= 0.3 is 0 Å². The van der Waals surface area contributed by atoms with Crippen LogP contribution < -0.4 is 0 Å². The lowest BCUT2D eigenvalue weighted by Gasteiger charge is -2.07. The summed E-state index contributed by atoms with van der Waals surface area (Å²) < 4.78 is 0. The largest absolute Gasteiger partial charge is 0.294 e. The first-order valence-corrected chi connectivity index (χ1v) is 6.04. The highest BCUT2D eigenvalue weighted by molar-refractivity contribution is 7.10. The molecule has 0 fully saturated rings. The molecule has 0 atom stereocenters. The molecule has 0 aromatic carbocycles. The van der Waals surface area contributed by atoms with Crippen LogP contribution in [0, 0.1) is 5.92 Å². The second-order valence-electron chi connectivity index (χ2n) is 4.06. The van der Waals surface area contributed by atoms with Crippen molar-refractivity contribution in [3.05, 3.63) is 21.4 Å². The second-order valence-corrected chi connectivity index (χ2v) is 5.02. The van der Waals surface area contributed by atoms with Crippen molar-refractivity contribution in [2.45, 2.75) is 40.5 Å². The Kier molecular flexibility index (Phi) is 3.87. The molecule has 0 N–H and O–H groups in total. The predicted octanol–water partition coefficient (Wildman–Crippen LogP) is 3.71. The Hall–Kier alpha value is -0.630. The van der Waals surface area contributed by atoms with E-state index in [2.05, 4.69) is 20.8 Å². The Labute approximate surface area is 90.2 Å². The number of hydrogen-bond donors (Lipinski definition) is 0. The van der Waals surface area contributed by atoms with Crippen molar-refractivity contribution in [2.24, 2.45) is 5.92 Å². The topological polar surface area (TPSA) is 17.1 Å². The number of thiophene rings is 1. The van der Waals surface area contributed by atoms with Gasteiger partial charge in [-0.3, -0.25) is 4.79 Å². The highest BCUT2D eigenvalue weighted by Gasteiger charge is 2.14. The lowest BCUT2D eigenvalue weighted by Crippen LogP contribution is -2.02. The third-order valence-electron chi connectivity index (χ3n) is 2.29. The van der Waals surface area contributed by atoms with Gasteiger partial charge in [0.15, 0.2) is 5.78 Å². The number of rotatable bonds is 4. The van der Waals surface area contributed by atoms with E-state index in [1.165, 1.54) is 10.4 Å². The van der Waals surface area contributed by atoms with Gasteiger partial charge in [-0.25, -0.2) is 0 Å². The summed E-state index contributed by atoms with van der Waals surface area (Å²) in [6.07, 6.45) is 2.07. The molecular formula is C12H18OS. The van der Waals surface area contributed by atoms with Crippen LogP contribution in [0.3, 0.4) is 0 Å². The molecule has 0 bridgehead atoms. The van der Waals surface area contributed by atoms with Gasteiger partial charge < -0.3 is 0 Å². The smallest absolute Gasteiger partial charge is 0.160 e. The van der Waals surface area contributed by atoms with Gasteiger partial charge in [-0.1, -0.05) is 20.8 Å². The van der Waals surface area contributed by atoms with Crippen LogP contribution in [-0.2, 0) is 12.8 Å². The minimum absolute atomic E-state index is 0.205. The molecule has 14 heavy (non-hydrogen) atoms. The average Bonchev–Trinajstić information content (AvgIpc) is 2.46. The first-order valence-electron chi connectivity index (χ1n) is 5.16. The molecule has 78 valence electrons. The van der Waals surface area contributed by atoms with E-state index in [0.29, 0.717) is 5.92 Å². The maximum Gasteiger partial charge on any atom is 0.160 e. The summed E-state index contributed by atoms with van der Waals surface area (Å²) in [5.41, 5.74) is 2.24. The third kappa shape index (κ3) is 2.44. The lowest BCUT2D eigenvalue weighted by atomic mass is 9.97. The average molecular weight is 210 g/mol. The molecule has 0 saturated heterocycles. The van der Waals surface area contributed by atoms with Crippen molar-refractivity contribution in [1.82, 2.24) is 0 Å². The number of carbonyl (C=O) groups is 1. The first kappa shape index (κ1) is 11.4. The Morgan fingerprint density at radius 2 is 2.14 bits per heavy atom. The summed E-state index contributed by atoms with van der Waals surface area (Å²) in [5, 5.41) is 2.01. The van der Waals surface area contributed by atoms with Crippen LogP contribution in [0.15, 0.2) is 5.38 Å². The van der Waals surface area contributed by atoms with Gasteiger partial charge in [0.1, 0.15) is 0 Å². The van der Waals surface area contributed by atoms with Crippen LogP contribution in [0.1, 0.15) is 48.5 Å². The molecule has 0 spiro atoms. The van der Waals surface area contributed by atoms with Crippen molar-refractivity contribution in [2.75, 3.05) is 0 Å². The fourth-order valence-electron chi connectivity index (χ4n) is 1.65. The Morgan fingerprint density at radius 3 is 2.57 bits per heavy atom. The van der Waals surface area contributed by atoms with E-state index in [0.717, 1.165) is 18.4 Å². The zero-order valence-electron chi connectivity index (χ0n) is 9.39. The van der Waals surface area contributed by atoms with E-state index in [4.69, 9.17) is 0 Å². The minimum Gasteiger partial charge on any atom is -0.294 e. The van der Waals surface area contributed by atoms with Gasteiger partial charge in [0.2, 0.25) is 0 Å². The number of ketones is 1. The molecule has 1 nitrogen and oxygen atoms in total. The maximum absolute atomic E-state index is 11.4. The van der Waals surface area contributed by atoms with Crippen molar-refractivity contribution in [3.8, 4) is 0 Å². The van der Waals surface area contributed by atoms with Gasteiger partial charge in [-0.05, 0) is 31.2 Å². The molecule has 1 rings (SSSR count). The van der Waals surface area contributed by atoms with Gasteiger partial charge in [-0.2, -0.15) is 0 Å². The molecule has 0 unspecified atom stereocenters. The van der Waals surface area contributed by atoms with Crippen molar-refractivity contribution in [1.29, 1.82) is 0 Å². The Morgan fingerprint density at radius 1 is 1.50 bits per heavy atom. The van der Waals surface area contributed by atoms with E-state index >= 15 is 0 Å². The van der Waals surface area contributed by atoms with E-state index in [1.54, 1.807) is 18.3 Å². The van der Waals surface area contributed by atoms with Gasteiger partial charge in [-0.15, -0.1) is 11.3 Å². The molecule has 0 saturated carbocycles. The minimum atomic E-state index is 0.205. The number of hydrogen-bond acceptors (Lipinski definition) is 2. The summed E-state index contributed by atoms with van der Waals surface area (Å²) in [6, 6.07) is 0. The van der Waals surface area contributed by atoms with Crippen LogP contribution in [0.25, 0.3) is 0 Å². The number of carbonyl (C=O) groups excluding carboxylic acids is 1. The molecule has 0 aliphatic carbocycles. The number of Topliss-reactive ketones (excluding diaryl/α,β-unsaturated/α-hetero) is 1. The monoisotopic (exact) mass is 210 g/mol. The Balaban J connectivity index is 3.06. The third-order valence-corrected chi connectivity index (χ3v) is 3.47. The van der Waals surface area contributed by atoms with Crippen molar-refractivity contribution >= 4 is 17.1 Å². The molecule has 0 aliphatic heterocycles. The summed E-state index contributed by atoms with van der Waals surface area (Å²) in [6.45, 7) is 8.20. The summed E-state index contributed by atoms with van der Waals surface area (Å²) in [4.78, 5) is 12.8. The summed E-state index contributed by atoms with van der Waals surface area (Å²) >= 11 is 1.73. The highest BCUT2D eigenvalue weighted by atomic mass is 32.1. The quantitative estimate of drug-likeness (QED) is 0.692. The van der Waals surface area contributed by atoms with Crippen LogP contribution >= 0.6 is 11.3 Å². The molecule has 1 aromatic heterocycles. The zero-order valence-corrected chi connectivity index (χ0v) is 10.2. The van der Waals surface area contributed by atoms with Gasteiger partial charge in [0.25, 0.3) is 0 Å². The zero-order chi connectivity index (χ0) is 10.7. The fourth-order valence-corrected chi connectivity index (χ4v) is 2.72. The summed E-state index contributed by atoms with van der Waals surface area (Å²) in [5.74, 6) is 0.824. The lowest BCUT2D eigenvalue weighted by molar-refractivity contribution is 0.101. The molecule has 0 aliphatic rings. The normalized spacial score (nSPS) is 10.9. The van der Waals surface area contributed by atoms with Gasteiger partial charge in [0.05, 0.1) is 0 Å². The highest BCUT2D eigenvalue weighted by Crippen LogP contribution is 2.26. The molecule has 2 heteroatoms. The molecular weight excluding hydrogens is 192 g/mol. The van der Waals surface area contributed by atoms with E-state index in [1.807, 2.05) is 5.38 Å². The molecule has 1 heterocycles. The van der Waals surface area contributed by atoms with E-state index in [-0.39, 0.29) is 5.78 Å². The number of aryl methyl sites for hydroxylation is 1. The Bertz CT molecular complexity index is 323. The standard InChI is InChI=1S/C12H18OS/c1-5-12-10(6-8(2)3)11(7-14-12)9(4)13/h7-8H,5-6H2,1-4H3. The SMILES string of the molecule is CCc1scc(C(C)=O)c1CC(C)C. The van der Waals surface area contributed by atoms with Crippen molar-refractivity contribution < 1.29 is 4.79 Å². The van der Waals surface area contributed by atoms with Gasteiger partial charge in [0, 0.05) is 15.8 Å². The molecule has 0 radical (unpaired) electrons. The van der Waals surface area contributed by atoms with Crippen molar-refractivity contribution in [3.63, 3.8) is 0 Å². The van der Waals surface area contributed by atoms with Crippen LogP contribution in [0.5, 0.6) is 0 Å². The molecule has 0 amide bonds.